The number of halogens is 2. The van der Waals surface area contributed by atoms with Crippen LogP contribution in [0.15, 0.2) is 42.5 Å². The molecule has 0 aliphatic heterocycles. The first kappa shape index (κ1) is 16.2. The molecule has 124 valence electrons. The Bertz CT molecular complexity index is 882. The van der Waals surface area contributed by atoms with Crippen molar-refractivity contribution in [1.29, 1.82) is 0 Å². The molecule has 3 aromatic rings. The molecule has 3 rings (SSSR count). The summed E-state index contributed by atoms with van der Waals surface area (Å²) in [5.41, 5.74) is 3.26. The van der Waals surface area contributed by atoms with E-state index in [1.54, 1.807) is 32.3 Å². The highest BCUT2D eigenvalue weighted by atomic mass is 19.1. The summed E-state index contributed by atoms with van der Waals surface area (Å²) in [5, 5.41) is 0.751. The summed E-state index contributed by atoms with van der Waals surface area (Å²) in [6.07, 6.45) is 0.803. The van der Waals surface area contributed by atoms with Crippen LogP contribution in [0, 0.1) is 11.6 Å². The molecular formula is C19H18F2N2O. The van der Waals surface area contributed by atoms with Gasteiger partial charge >= 0.3 is 0 Å². The Morgan fingerprint density at radius 2 is 1.71 bits per heavy atom. The summed E-state index contributed by atoms with van der Waals surface area (Å²) in [7, 11) is 3.41. The number of aromatic amines is 1. The minimum Gasteiger partial charge on any atom is -0.354 e. The van der Waals surface area contributed by atoms with Crippen LogP contribution in [0.5, 0.6) is 0 Å². The van der Waals surface area contributed by atoms with Gasteiger partial charge in [0.2, 0.25) is 5.91 Å². The van der Waals surface area contributed by atoms with Gasteiger partial charge < -0.3 is 9.88 Å². The third kappa shape index (κ3) is 3.15. The molecule has 2 aromatic carbocycles. The molecule has 1 N–H and O–H groups in total. The molecule has 24 heavy (non-hydrogen) atoms. The van der Waals surface area contributed by atoms with Crippen molar-refractivity contribution in [3.63, 3.8) is 0 Å². The number of carbonyl (C=O) groups is 1. The van der Waals surface area contributed by atoms with Crippen LogP contribution in [-0.4, -0.2) is 29.9 Å². The van der Waals surface area contributed by atoms with E-state index < -0.39 is 0 Å². The fraction of sp³-hybridized carbons (Fsp3) is 0.211. The van der Waals surface area contributed by atoms with E-state index in [1.165, 1.54) is 29.2 Å². The van der Waals surface area contributed by atoms with Crippen LogP contribution in [0.4, 0.5) is 8.78 Å². The van der Waals surface area contributed by atoms with Crippen LogP contribution in [0.3, 0.4) is 0 Å². The average molecular weight is 328 g/mol. The van der Waals surface area contributed by atoms with Gasteiger partial charge in [-0.05, 0) is 60.0 Å². The largest absolute Gasteiger partial charge is 0.354 e. The number of benzene rings is 2. The van der Waals surface area contributed by atoms with Crippen LogP contribution in [0.2, 0.25) is 0 Å². The first-order chi connectivity index (χ1) is 11.5. The Kier molecular flexibility index (Phi) is 4.34. The van der Waals surface area contributed by atoms with Crippen LogP contribution < -0.4 is 0 Å². The molecule has 1 aromatic heterocycles. The molecule has 1 amide bonds. The Morgan fingerprint density at radius 1 is 1.04 bits per heavy atom. The minimum absolute atomic E-state index is 0.00538. The molecule has 5 heteroatoms. The van der Waals surface area contributed by atoms with Crippen LogP contribution in [0.25, 0.3) is 22.2 Å². The maximum Gasteiger partial charge on any atom is 0.222 e. The van der Waals surface area contributed by atoms with Crippen LogP contribution in [0.1, 0.15) is 12.0 Å². The predicted molar refractivity (Wildman–Crippen MR) is 90.7 cm³/mol. The van der Waals surface area contributed by atoms with E-state index in [4.69, 9.17) is 0 Å². The molecule has 3 nitrogen and oxygen atoms in total. The molecule has 1 heterocycles. The van der Waals surface area contributed by atoms with Crippen molar-refractivity contribution in [3.05, 3.63) is 59.7 Å². The predicted octanol–water partition coefficient (Wildman–Crippen LogP) is 4.13. The van der Waals surface area contributed by atoms with Gasteiger partial charge in [0, 0.05) is 37.1 Å². The molecule has 0 spiro atoms. The number of aromatic nitrogens is 1. The molecule has 0 aliphatic carbocycles. The number of hydrogen-bond acceptors (Lipinski definition) is 1. The van der Waals surface area contributed by atoms with Crippen LogP contribution >= 0.6 is 0 Å². The molecule has 0 saturated heterocycles. The van der Waals surface area contributed by atoms with Crippen molar-refractivity contribution < 1.29 is 13.6 Å². The molecule has 0 unspecified atom stereocenters. The van der Waals surface area contributed by atoms with Crippen molar-refractivity contribution in [2.75, 3.05) is 14.1 Å². The highest BCUT2D eigenvalue weighted by Crippen LogP contribution is 2.32. The Labute approximate surface area is 138 Å². The summed E-state index contributed by atoms with van der Waals surface area (Å²) in [5.74, 6) is -0.636. The number of hydrogen-bond donors (Lipinski definition) is 1. The van der Waals surface area contributed by atoms with Gasteiger partial charge in [-0.2, -0.15) is 0 Å². The zero-order chi connectivity index (χ0) is 17.3. The number of nitrogens with one attached hydrogen (secondary N) is 1. The van der Waals surface area contributed by atoms with Gasteiger partial charge in [-0.25, -0.2) is 8.78 Å². The maximum atomic E-state index is 13.7. The summed E-state index contributed by atoms with van der Waals surface area (Å²) < 4.78 is 26.9. The molecule has 0 saturated carbocycles. The second kappa shape index (κ2) is 6.43. The zero-order valence-corrected chi connectivity index (χ0v) is 13.6. The molecule has 0 radical (unpaired) electrons. The topological polar surface area (TPSA) is 36.1 Å². The van der Waals surface area contributed by atoms with E-state index in [2.05, 4.69) is 4.98 Å². The standard InChI is InChI=1S/C19H18F2N2O/c1-23(2)18(24)10-8-15-16-11-14(21)7-9-17(16)22-19(15)12-3-5-13(20)6-4-12/h3-7,9,11,22H,8,10H2,1-2H3. The van der Waals surface area contributed by atoms with E-state index in [0.717, 1.165) is 27.7 Å². The molecule has 0 atom stereocenters. The van der Waals surface area contributed by atoms with Gasteiger partial charge in [-0.3, -0.25) is 4.79 Å². The first-order valence-corrected chi connectivity index (χ1v) is 7.72. The Hall–Kier alpha value is -2.69. The third-order valence-corrected chi connectivity index (χ3v) is 4.09. The van der Waals surface area contributed by atoms with Crippen molar-refractivity contribution in [2.45, 2.75) is 12.8 Å². The van der Waals surface area contributed by atoms with Gasteiger partial charge in [-0.1, -0.05) is 0 Å². The summed E-state index contributed by atoms with van der Waals surface area (Å²) in [6.45, 7) is 0. The lowest BCUT2D eigenvalue weighted by Crippen LogP contribution is -2.21. The van der Waals surface area contributed by atoms with Crippen molar-refractivity contribution in [3.8, 4) is 11.3 Å². The minimum atomic E-state index is -0.327. The fourth-order valence-corrected chi connectivity index (χ4v) is 2.80. The second-order valence-electron chi connectivity index (χ2n) is 5.96. The highest BCUT2D eigenvalue weighted by Gasteiger charge is 2.16. The lowest BCUT2D eigenvalue weighted by Gasteiger charge is -2.10. The maximum absolute atomic E-state index is 13.7. The number of carbonyl (C=O) groups excluding carboxylic acids is 1. The summed E-state index contributed by atoms with van der Waals surface area (Å²) >= 11 is 0. The average Bonchev–Trinajstić information content (AvgIpc) is 2.91. The third-order valence-electron chi connectivity index (χ3n) is 4.09. The van der Waals surface area contributed by atoms with E-state index >= 15 is 0 Å². The monoisotopic (exact) mass is 328 g/mol. The van der Waals surface area contributed by atoms with Gasteiger partial charge in [0.25, 0.3) is 0 Å². The number of H-pyrrole nitrogens is 1. The normalized spacial score (nSPS) is 11.0. The van der Waals surface area contributed by atoms with Gasteiger partial charge in [-0.15, -0.1) is 0 Å². The molecular weight excluding hydrogens is 310 g/mol. The summed E-state index contributed by atoms with van der Waals surface area (Å²) in [4.78, 5) is 16.7. The number of amides is 1. The summed E-state index contributed by atoms with van der Waals surface area (Å²) in [6, 6.07) is 10.7. The van der Waals surface area contributed by atoms with Crippen molar-refractivity contribution in [2.24, 2.45) is 0 Å². The lowest BCUT2D eigenvalue weighted by molar-refractivity contribution is -0.128. The van der Waals surface area contributed by atoms with Gasteiger partial charge in [0.1, 0.15) is 11.6 Å². The molecule has 0 fully saturated rings. The van der Waals surface area contributed by atoms with Crippen molar-refractivity contribution >= 4 is 16.8 Å². The molecule has 0 aliphatic rings. The molecule has 0 bridgehead atoms. The number of rotatable bonds is 4. The SMILES string of the molecule is CN(C)C(=O)CCc1c(-c2ccc(F)cc2)[nH]c2ccc(F)cc12. The van der Waals surface area contributed by atoms with Crippen molar-refractivity contribution in [1.82, 2.24) is 9.88 Å². The van der Waals surface area contributed by atoms with Gasteiger partial charge in [0.15, 0.2) is 0 Å². The van der Waals surface area contributed by atoms with Crippen LogP contribution in [-0.2, 0) is 11.2 Å². The quantitative estimate of drug-likeness (QED) is 0.768. The van der Waals surface area contributed by atoms with E-state index in [0.29, 0.717) is 12.8 Å². The zero-order valence-electron chi connectivity index (χ0n) is 13.6. The van der Waals surface area contributed by atoms with Gasteiger partial charge in [0.05, 0.1) is 0 Å². The smallest absolute Gasteiger partial charge is 0.222 e. The second-order valence-corrected chi connectivity index (χ2v) is 5.96. The number of fused-ring (bicyclic) bond motifs is 1. The number of nitrogens with zero attached hydrogens (tertiary/aromatic N) is 1. The first-order valence-electron chi connectivity index (χ1n) is 7.72. The van der Waals surface area contributed by atoms with E-state index in [9.17, 15) is 13.6 Å². The Morgan fingerprint density at radius 3 is 2.38 bits per heavy atom. The fourth-order valence-electron chi connectivity index (χ4n) is 2.80. The highest BCUT2D eigenvalue weighted by molar-refractivity contribution is 5.91. The Balaban J connectivity index is 2.08. The van der Waals surface area contributed by atoms with E-state index in [-0.39, 0.29) is 17.5 Å². The van der Waals surface area contributed by atoms with E-state index in [1.807, 2.05) is 0 Å². The lowest BCUT2D eigenvalue weighted by atomic mass is 10.0. The number of aryl methyl sites for hydroxylation is 1.